The Hall–Kier alpha value is -3.76. The van der Waals surface area contributed by atoms with Crippen LogP contribution < -0.4 is 20.9 Å². The molecule has 0 heterocycles. The summed E-state index contributed by atoms with van der Waals surface area (Å²) in [4.78, 5) is 30.9. The maximum absolute atomic E-state index is 13.2. The number of ether oxygens (including phenoxy) is 2. The number of halogens is 2. The van der Waals surface area contributed by atoms with Gasteiger partial charge < -0.3 is 20.9 Å². The standard InChI is InChI=1S/C8H7FN2O4.C8H8FNO2/c1-15-7-5(9)2-4(8(10)12)3-6(7)11(13)14;1-12-7-3-2-5(8(10)11)4-6(7)9/h2-3H,1H3,(H2,10,12);2-4H,1H3,(H2,10,11). The van der Waals surface area contributed by atoms with Crippen molar-refractivity contribution in [2.75, 3.05) is 14.2 Å². The fraction of sp³-hybridized carbons (Fsp3) is 0.125. The van der Waals surface area contributed by atoms with Crippen LogP contribution in [0, 0.1) is 21.7 Å². The van der Waals surface area contributed by atoms with Crippen LogP contribution in [0.1, 0.15) is 20.7 Å². The molecule has 2 aromatic rings. The largest absolute Gasteiger partial charge is 0.494 e. The number of nitro groups is 1. The molecule has 27 heavy (non-hydrogen) atoms. The number of carbonyl (C=O) groups excluding carboxylic acids is 2. The van der Waals surface area contributed by atoms with Crippen molar-refractivity contribution in [3.05, 3.63) is 63.2 Å². The third kappa shape index (κ3) is 5.36. The van der Waals surface area contributed by atoms with E-state index >= 15 is 0 Å². The smallest absolute Gasteiger partial charge is 0.314 e. The van der Waals surface area contributed by atoms with E-state index in [2.05, 4.69) is 9.47 Å². The van der Waals surface area contributed by atoms with Crippen LogP contribution in [0.2, 0.25) is 0 Å². The van der Waals surface area contributed by atoms with Crippen LogP contribution in [-0.2, 0) is 0 Å². The number of benzene rings is 2. The van der Waals surface area contributed by atoms with Crippen LogP contribution in [0.5, 0.6) is 11.5 Å². The zero-order valence-electron chi connectivity index (χ0n) is 14.2. The maximum atomic E-state index is 13.2. The summed E-state index contributed by atoms with van der Waals surface area (Å²) in [6.07, 6.45) is 0. The molecular weight excluding hydrogens is 368 g/mol. The summed E-state index contributed by atoms with van der Waals surface area (Å²) in [7, 11) is 2.44. The summed E-state index contributed by atoms with van der Waals surface area (Å²) in [6, 6.07) is 5.46. The lowest BCUT2D eigenvalue weighted by atomic mass is 10.1. The first-order valence-corrected chi connectivity index (χ1v) is 7.07. The van der Waals surface area contributed by atoms with E-state index in [1.807, 2.05) is 0 Å². The van der Waals surface area contributed by atoms with Crippen molar-refractivity contribution in [1.29, 1.82) is 0 Å². The first kappa shape index (κ1) is 21.3. The van der Waals surface area contributed by atoms with Crippen molar-refractivity contribution in [2.45, 2.75) is 0 Å². The Labute approximate surface area is 151 Å². The van der Waals surface area contributed by atoms with Gasteiger partial charge in [0, 0.05) is 17.2 Å². The number of carbonyl (C=O) groups is 2. The van der Waals surface area contributed by atoms with Gasteiger partial charge in [-0.3, -0.25) is 19.7 Å². The molecule has 0 aliphatic carbocycles. The molecule has 2 aromatic carbocycles. The van der Waals surface area contributed by atoms with Gasteiger partial charge in [-0.1, -0.05) is 0 Å². The molecule has 9 nitrogen and oxygen atoms in total. The Morgan fingerprint density at radius 1 is 0.963 bits per heavy atom. The summed E-state index contributed by atoms with van der Waals surface area (Å²) in [5.74, 6) is -3.62. The van der Waals surface area contributed by atoms with Crippen molar-refractivity contribution in [3.63, 3.8) is 0 Å². The van der Waals surface area contributed by atoms with Gasteiger partial charge in [0.2, 0.25) is 17.6 Å². The van der Waals surface area contributed by atoms with Crippen molar-refractivity contribution < 1.29 is 32.8 Å². The molecule has 0 saturated heterocycles. The van der Waals surface area contributed by atoms with Gasteiger partial charge in [0.1, 0.15) is 0 Å². The van der Waals surface area contributed by atoms with Gasteiger partial charge in [-0.2, -0.15) is 0 Å². The van der Waals surface area contributed by atoms with Crippen LogP contribution >= 0.6 is 0 Å². The van der Waals surface area contributed by atoms with E-state index < -0.39 is 39.8 Å². The van der Waals surface area contributed by atoms with E-state index in [0.717, 1.165) is 25.3 Å². The molecule has 2 amide bonds. The summed E-state index contributed by atoms with van der Waals surface area (Å²) < 4.78 is 35.2. The summed E-state index contributed by atoms with van der Waals surface area (Å²) in [5, 5.41) is 10.5. The van der Waals surface area contributed by atoms with E-state index in [9.17, 15) is 28.5 Å². The van der Waals surface area contributed by atoms with Crippen LogP contribution in [0.25, 0.3) is 0 Å². The molecule has 2 rings (SSSR count). The molecule has 0 aliphatic rings. The Morgan fingerprint density at radius 2 is 1.52 bits per heavy atom. The number of hydrogen-bond donors (Lipinski definition) is 2. The monoisotopic (exact) mass is 383 g/mol. The lowest BCUT2D eigenvalue weighted by Crippen LogP contribution is -2.12. The van der Waals surface area contributed by atoms with E-state index in [1.165, 1.54) is 19.2 Å². The molecule has 11 heteroatoms. The number of nitrogens with zero attached hydrogens (tertiary/aromatic N) is 1. The molecule has 0 fully saturated rings. The molecule has 144 valence electrons. The predicted octanol–water partition coefficient (Wildman–Crippen LogP) is 1.77. The van der Waals surface area contributed by atoms with Crippen molar-refractivity contribution >= 4 is 17.5 Å². The highest BCUT2D eigenvalue weighted by Gasteiger charge is 2.22. The third-order valence-corrected chi connectivity index (χ3v) is 3.15. The third-order valence-electron chi connectivity index (χ3n) is 3.15. The Bertz CT molecular complexity index is 889. The van der Waals surface area contributed by atoms with Gasteiger partial charge in [-0.25, -0.2) is 8.78 Å². The molecular formula is C16H15F2N3O6. The maximum Gasteiger partial charge on any atom is 0.314 e. The summed E-state index contributed by atoms with van der Waals surface area (Å²) in [6.45, 7) is 0. The normalized spacial score (nSPS) is 9.63. The average Bonchev–Trinajstić information content (AvgIpc) is 2.61. The van der Waals surface area contributed by atoms with E-state index in [0.29, 0.717) is 0 Å². The second-order valence-corrected chi connectivity index (χ2v) is 4.85. The van der Waals surface area contributed by atoms with Crippen LogP contribution in [0.4, 0.5) is 14.5 Å². The Morgan fingerprint density at radius 3 is 1.93 bits per heavy atom. The highest BCUT2D eigenvalue weighted by molar-refractivity contribution is 5.94. The number of methoxy groups -OCH3 is 2. The molecule has 0 saturated carbocycles. The lowest BCUT2D eigenvalue weighted by molar-refractivity contribution is -0.386. The number of nitro benzene ring substituents is 1. The zero-order chi connectivity index (χ0) is 20.7. The zero-order valence-corrected chi connectivity index (χ0v) is 14.2. The van der Waals surface area contributed by atoms with Crippen molar-refractivity contribution in [2.24, 2.45) is 11.5 Å². The van der Waals surface area contributed by atoms with Gasteiger partial charge in [0.15, 0.2) is 17.4 Å². The molecule has 0 radical (unpaired) electrons. The van der Waals surface area contributed by atoms with E-state index in [-0.39, 0.29) is 16.9 Å². The number of primary amides is 2. The minimum absolute atomic E-state index is 0.0972. The molecule has 4 N–H and O–H groups in total. The number of rotatable bonds is 5. The molecule has 0 atom stereocenters. The summed E-state index contributed by atoms with van der Waals surface area (Å²) >= 11 is 0. The van der Waals surface area contributed by atoms with Crippen LogP contribution in [-0.4, -0.2) is 31.0 Å². The highest BCUT2D eigenvalue weighted by atomic mass is 19.1. The molecule has 0 unspecified atom stereocenters. The lowest BCUT2D eigenvalue weighted by Gasteiger charge is -2.04. The fourth-order valence-corrected chi connectivity index (χ4v) is 1.88. The summed E-state index contributed by atoms with van der Waals surface area (Å²) in [5.41, 5.74) is 9.02. The molecule has 0 bridgehead atoms. The Kier molecular flexibility index (Phi) is 7.16. The number of hydrogen-bond acceptors (Lipinski definition) is 6. The molecule has 0 aliphatic heterocycles. The SMILES string of the molecule is COc1c(F)cc(C(N)=O)cc1[N+](=O)[O-].COc1ccc(C(N)=O)cc1F. The quantitative estimate of drug-likeness (QED) is 0.594. The van der Waals surface area contributed by atoms with Gasteiger partial charge in [0.05, 0.1) is 19.1 Å². The minimum atomic E-state index is -1.000. The molecule has 0 spiro atoms. The van der Waals surface area contributed by atoms with Crippen LogP contribution in [0.3, 0.4) is 0 Å². The van der Waals surface area contributed by atoms with Gasteiger partial charge in [-0.05, 0) is 24.3 Å². The predicted molar refractivity (Wildman–Crippen MR) is 89.6 cm³/mol. The average molecular weight is 383 g/mol. The number of nitrogens with two attached hydrogens (primary N) is 2. The number of amides is 2. The second-order valence-electron chi connectivity index (χ2n) is 4.85. The fourth-order valence-electron chi connectivity index (χ4n) is 1.88. The topological polar surface area (TPSA) is 148 Å². The minimum Gasteiger partial charge on any atom is -0.494 e. The highest BCUT2D eigenvalue weighted by Crippen LogP contribution is 2.30. The van der Waals surface area contributed by atoms with E-state index in [1.54, 1.807) is 0 Å². The van der Waals surface area contributed by atoms with Gasteiger partial charge in [-0.15, -0.1) is 0 Å². The van der Waals surface area contributed by atoms with E-state index in [4.69, 9.17) is 11.5 Å². The first-order chi connectivity index (χ1) is 12.6. The second kappa shape index (κ2) is 9.08. The van der Waals surface area contributed by atoms with Crippen molar-refractivity contribution in [3.8, 4) is 11.5 Å². The van der Waals surface area contributed by atoms with Crippen molar-refractivity contribution in [1.82, 2.24) is 0 Å². The molecule has 0 aromatic heterocycles. The first-order valence-electron chi connectivity index (χ1n) is 7.07. The van der Waals surface area contributed by atoms with Gasteiger partial charge in [0.25, 0.3) is 0 Å². The Balaban J connectivity index is 0.000000277. The van der Waals surface area contributed by atoms with Gasteiger partial charge >= 0.3 is 5.69 Å². The van der Waals surface area contributed by atoms with Crippen LogP contribution in [0.15, 0.2) is 30.3 Å².